The van der Waals surface area contributed by atoms with Gasteiger partial charge in [-0.05, 0) is 27.1 Å². The van der Waals surface area contributed by atoms with Crippen molar-refractivity contribution in [2.24, 2.45) is 0 Å². The molecule has 3 aliphatic rings. The van der Waals surface area contributed by atoms with Crippen LogP contribution in [0.15, 0.2) is 24.3 Å². The number of aliphatic hydroxyl groups is 4. The van der Waals surface area contributed by atoms with Crippen LogP contribution >= 0.6 is 0 Å². The molecule has 1 saturated carbocycles. The molecule has 0 spiro atoms. The minimum atomic E-state index is -4.87. The van der Waals surface area contributed by atoms with E-state index in [1.807, 2.05) is 0 Å². The van der Waals surface area contributed by atoms with Crippen LogP contribution in [0.1, 0.15) is 18.9 Å². The number of nitrogens with one attached hydrogen (secondary N) is 3. The number of para-hydroxylation sites is 1. The van der Waals surface area contributed by atoms with Gasteiger partial charge in [-0.2, -0.15) is 0 Å². The molecule has 11 nitrogen and oxygen atoms in total. The van der Waals surface area contributed by atoms with E-state index in [9.17, 15) is 33.6 Å². The average Bonchev–Trinajstić information content (AvgIpc) is 2.80. The van der Waals surface area contributed by atoms with Crippen molar-refractivity contribution >= 4 is 0 Å². The van der Waals surface area contributed by atoms with E-state index in [-0.39, 0.29) is 25.1 Å². The van der Waals surface area contributed by atoms with Crippen molar-refractivity contribution in [2.75, 3.05) is 20.6 Å². The molecule has 1 aromatic carbocycles. The zero-order valence-corrected chi connectivity index (χ0v) is 20.6. The fourth-order valence-corrected chi connectivity index (χ4v) is 5.51. The Kier molecular flexibility index (Phi) is 8.08. The van der Waals surface area contributed by atoms with Crippen molar-refractivity contribution in [1.29, 1.82) is 0 Å². The number of alkyl halides is 3. The first-order valence-electron chi connectivity index (χ1n) is 12.0. The van der Waals surface area contributed by atoms with Crippen LogP contribution in [0.4, 0.5) is 13.2 Å². The summed E-state index contributed by atoms with van der Waals surface area (Å²) in [4.78, 5) is 0. The fraction of sp³-hybridized carbons (Fsp3) is 0.739. The van der Waals surface area contributed by atoms with Crippen LogP contribution in [0.3, 0.4) is 0 Å². The molecular weight excluding hydrogens is 503 g/mol. The van der Waals surface area contributed by atoms with Crippen molar-refractivity contribution in [3.8, 4) is 5.75 Å². The summed E-state index contributed by atoms with van der Waals surface area (Å²) in [5, 5.41) is 53.5. The molecule has 4 rings (SSSR count). The molecule has 3 fully saturated rings. The lowest BCUT2D eigenvalue weighted by atomic mass is 9.77. The highest BCUT2D eigenvalue weighted by Crippen LogP contribution is 2.46. The maximum Gasteiger partial charge on any atom is 0.573 e. The quantitative estimate of drug-likeness (QED) is 0.227. The Labute approximate surface area is 211 Å². The molecule has 7 N–H and O–H groups in total. The van der Waals surface area contributed by atoms with Crippen molar-refractivity contribution < 1.29 is 52.5 Å². The fourth-order valence-electron chi connectivity index (χ4n) is 5.51. The zero-order valence-electron chi connectivity index (χ0n) is 20.6. The molecule has 1 unspecified atom stereocenters. The lowest BCUT2D eigenvalue weighted by molar-refractivity contribution is -0.482. The van der Waals surface area contributed by atoms with Crippen molar-refractivity contribution in [3.63, 3.8) is 0 Å². The number of rotatable bonds is 7. The van der Waals surface area contributed by atoms with Gasteiger partial charge >= 0.3 is 6.36 Å². The Morgan fingerprint density at radius 1 is 1.03 bits per heavy atom. The Bertz CT molecular complexity index is 945. The molecule has 0 amide bonds. The number of likely N-dealkylation sites (N-methyl/N-ethyl adjacent to an activating group) is 2. The van der Waals surface area contributed by atoms with Gasteiger partial charge in [0.05, 0.1) is 24.3 Å². The molecule has 210 valence electrons. The number of fused-ring (bicyclic) bond motifs is 2. The predicted molar refractivity (Wildman–Crippen MR) is 121 cm³/mol. The maximum atomic E-state index is 12.8. The predicted octanol–water partition coefficient (Wildman–Crippen LogP) is -1.08. The number of ether oxygens (including phenoxy) is 4. The average molecular weight is 538 g/mol. The third-order valence-corrected chi connectivity index (χ3v) is 7.28. The molecule has 37 heavy (non-hydrogen) atoms. The summed E-state index contributed by atoms with van der Waals surface area (Å²) in [6.07, 6.45) is -11.5. The maximum absolute atomic E-state index is 12.8. The topological polar surface area (TPSA) is 154 Å². The van der Waals surface area contributed by atoms with E-state index in [2.05, 4.69) is 20.7 Å². The molecule has 1 aliphatic carbocycles. The number of hydrogen-bond donors (Lipinski definition) is 7. The summed E-state index contributed by atoms with van der Waals surface area (Å²) in [6, 6.07) is 4.00. The van der Waals surface area contributed by atoms with Gasteiger partial charge < -0.3 is 55.3 Å². The van der Waals surface area contributed by atoms with Gasteiger partial charge in [-0.25, -0.2) is 0 Å². The third-order valence-electron chi connectivity index (χ3n) is 7.28. The summed E-state index contributed by atoms with van der Waals surface area (Å²) >= 11 is 0. The second-order valence-corrected chi connectivity index (χ2v) is 9.76. The molecule has 2 heterocycles. The molecule has 10 atom stereocenters. The molecule has 14 heteroatoms. The van der Waals surface area contributed by atoms with Gasteiger partial charge in [0.15, 0.2) is 0 Å². The first-order chi connectivity index (χ1) is 17.3. The molecule has 0 bridgehead atoms. The lowest BCUT2D eigenvalue weighted by Gasteiger charge is -2.60. The van der Waals surface area contributed by atoms with Crippen LogP contribution in [0.25, 0.3) is 0 Å². The highest BCUT2D eigenvalue weighted by molar-refractivity contribution is 5.33. The SMILES string of the molecule is CN[C@@H]1[C@H](O)[C@H](NC)[C@H]2O[C@]3(O)[C@H](OC2[C@H]1O)O[C@H](C)C[C@@]3(O)CNCc1ccccc1OC(F)(F)F. The van der Waals surface area contributed by atoms with Gasteiger partial charge in [0.1, 0.15) is 29.7 Å². The highest BCUT2D eigenvalue weighted by atomic mass is 19.4. The van der Waals surface area contributed by atoms with Gasteiger partial charge in [0.25, 0.3) is 0 Å². The minimum absolute atomic E-state index is 0.108. The van der Waals surface area contributed by atoms with Gasteiger partial charge in [0.2, 0.25) is 12.1 Å². The Morgan fingerprint density at radius 3 is 2.35 bits per heavy atom. The van der Waals surface area contributed by atoms with E-state index in [0.717, 1.165) is 0 Å². The smallest absolute Gasteiger partial charge is 0.405 e. The minimum Gasteiger partial charge on any atom is -0.405 e. The van der Waals surface area contributed by atoms with Gasteiger partial charge in [0, 0.05) is 25.1 Å². The van der Waals surface area contributed by atoms with Crippen LogP contribution < -0.4 is 20.7 Å². The van der Waals surface area contributed by atoms with Gasteiger partial charge in [-0.15, -0.1) is 13.2 Å². The number of halogens is 3. The first-order valence-corrected chi connectivity index (χ1v) is 12.0. The lowest BCUT2D eigenvalue weighted by Crippen LogP contribution is -2.81. The van der Waals surface area contributed by atoms with E-state index in [1.165, 1.54) is 18.2 Å². The summed E-state index contributed by atoms with van der Waals surface area (Å²) in [5.41, 5.74) is -1.84. The third kappa shape index (κ3) is 5.32. The van der Waals surface area contributed by atoms with E-state index >= 15 is 0 Å². The second kappa shape index (κ2) is 10.5. The van der Waals surface area contributed by atoms with Crippen LogP contribution in [-0.2, 0) is 20.8 Å². The normalized spacial score (nSPS) is 42.1. The monoisotopic (exact) mass is 537 g/mol. The molecule has 0 aromatic heterocycles. The van der Waals surface area contributed by atoms with Crippen molar-refractivity contribution in [2.45, 2.75) is 86.5 Å². The second-order valence-electron chi connectivity index (χ2n) is 9.76. The van der Waals surface area contributed by atoms with Crippen LogP contribution in [-0.4, -0.2) is 108 Å². The van der Waals surface area contributed by atoms with E-state index < -0.39 is 72.4 Å². The summed E-state index contributed by atoms with van der Waals surface area (Å²) in [5.74, 6) is -2.83. The molecule has 0 radical (unpaired) electrons. The molecular formula is C23H34F3N3O8. The zero-order chi connectivity index (χ0) is 27.2. The molecule has 2 aliphatic heterocycles. The highest BCUT2D eigenvalue weighted by Gasteiger charge is 2.68. The van der Waals surface area contributed by atoms with Crippen LogP contribution in [0.5, 0.6) is 5.75 Å². The van der Waals surface area contributed by atoms with E-state index in [1.54, 1.807) is 27.1 Å². The standard InChI is InChI=1S/C23H34F3N3O8/c1-11-8-21(32,10-29-9-12-6-4-5-7-13(12)36-23(24,25)26)22(33)20(34-11)35-19-17(31)14(27-2)16(30)15(28-3)18(19)37-22/h4-7,11,14-20,27-33H,8-10H2,1-3H3/t11-,14-,15+,16+,17+,18-,19?,20+,21-,22-/m1/s1. The van der Waals surface area contributed by atoms with E-state index in [0.29, 0.717) is 0 Å². The largest absolute Gasteiger partial charge is 0.573 e. The van der Waals surface area contributed by atoms with E-state index in [4.69, 9.17) is 14.2 Å². The summed E-state index contributed by atoms with van der Waals surface area (Å²) in [6.45, 7) is 1.21. The first kappa shape index (κ1) is 28.4. The summed E-state index contributed by atoms with van der Waals surface area (Å²) in [7, 11) is 3.15. The van der Waals surface area contributed by atoms with Gasteiger partial charge in [-0.1, -0.05) is 18.2 Å². The van der Waals surface area contributed by atoms with Crippen LogP contribution in [0.2, 0.25) is 0 Å². The number of hydrogen-bond acceptors (Lipinski definition) is 11. The Morgan fingerprint density at radius 2 is 1.70 bits per heavy atom. The summed E-state index contributed by atoms with van der Waals surface area (Å²) < 4.78 is 60.1. The van der Waals surface area contributed by atoms with Crippen molar-refractivity contribution in [3.05, 3.63) is 29.8 Å². The number of benzene rings is 1. The molecule has 1 aromatic rings. The Hall–Kier alpha value is -1.59. The van der Waals surface area contributed by atoms with Gasteiger partial charge in [-0.3, -0.25) is 0 Å². The van der Waals surface area contributed by atoms with Crippen molar-refractivity contribution in [1.82, 2.24) is 16.0 Å². The molecule has 2 saturated heterocycles. The number of aliphatic hydroxyl groups excluding tert-OH is 2. The Balaban J connectivity index is 1.55. The van der Waals surface area contributed by atoms with Crippen LogP contribution in [0, 0.1) is 0 Å².